The first-order valence-corrected chi connectivity index (χ1v) is 9.79. The van der Waals surface area contributed by atoms with Crippen LogP contribution in [-0.4, -0.2) is 27.9 Å². The highest BCUT2D eigenvalue weighted by atomic mass is 32.2. The zero-order chi connectivity index (χ0) is 16.2. The van der Waals surface area contributed by atoms with E-state index >= 15 is 0 Å². The molecule has 0 radical (unpaired) electrons. The highest BCUT2D eigenvalue weighted by molar-refractivity contribution is 7.99. The number of thiophene rings is 1. The molecule has 0 bridgehead atoms. The lowest BCUT2D eigenvalue weighted by molar-refractivity contribution is -0.120. The molecule has 5 nitrogen and oxygen atoms in total. The first-order chi connectivity index (χ1) is 11.1. The topological polar surface area (TPSA) is 68.0 Å². The fraction of sp³-hybridized carbons (Fsp3) is 0.562. The van der Waals surface area contributed by atoms with Gasteiger partial charge in [-0.15, -0.1) is 21.5 Å². The molecule has 1 amide bonds. The Morgan fingerprint density at radius 3 is 3.09 bits per heavy atom. The predicted octanol–water partition coefficient (Wildman–Crippen LogP) is 3.83. The van der Waals surface area contributed by atoms with Gasteiger partial charge in [-0.05, 0) is 29.7 Å². The van der Waals surface area contributed by atoms with Crippen LogP contribution in [0.5, 0.6) is 0 Å². The van der Waals surface area contributed by atoms with Gasteiger partial charge in [0.2, 0.25) is 5.91 Å². The van der Waals surface area contributed by atoms with Crippen LogP contribution in [0.1, 0.15) is 33.1 Å². The van der Waals surface area contributed by atoms with E-state index in [0.717, 1.165) is 11.3 Å². The summed E-state index contributed by atoms with van der Waals surface area (Å²) in [5, 5.41) is 13.6. The molecular formula is C16H21N3O2S2. The molecule has 2 heterocycles. The quantitative estimate of drug-likeness (QED) is 0.829. The van der Waals surface area contributed by atoms with Gasteiger partial charge in [0.1, 0.15) is 0 Å². The van der Waals surface area contributed by atoms with E-state index in [1.54, 1.807) is 11.3 Å². The van der Waals surface area contributed by atoms with Crippen LogP contribution < -0.4 is 5.32 Å². The summed E-state index contributed by atoms with van der Waals surface area (Å²) in [7, 11) is 0. The van der Waals surface area contributed by atoms with Crippen LogP contribution in [0.15, 0.2) is 27.2 Å². The maximum atomic E-state index is 12.2. The molecule has 0 spiro atoms. The van der Waals surface area contributed by atoms with E-state index in [2.05, 4.69) is 29.4 Å². The first-order valence-electron chi connectivity index (χ1n) is 7.93. The number of aromatic nitrogens is 2. The number of carbonyl (C=O) groups is 1. The van der Waals surface area contributed by atoms with Crippen molar-refractivity contribution in [1.29, 1.82) is 0 Å². The average molecular weight is 351 g/mol. The fourth-order valence-corrected chi connectivity index (χ4v) is 4.15. The highest BCUT2D eigenvalue weighted by Gasteiger charge is 2.28. The molecule has 124 valence electrons. The molecule has 0 aliphatic heterocycles. The summed E-state index contributed by atoms with van der Waals surface area (Å²) in [6, 6.07) is 4.16. The number of nitrogens with zero attached hydrogens (tertiary/aromatic N) is 2. The van der Waals surface area contributed by atoms with Crippen molar-refractivity contribution in [2.24, 2.45) is 11.8 Å². The lowest BCUT2D eigenvalue weighted by Crippen LogP contribution is -2.44. The standard InChI is InChI=1S/C16H21N3O2S2/c1-10-5-3-6-12(11(10)2)17-14(20)9-23-16-19-18-15(21-16)13-7-4-8-22-13/h4,7-8,10-12H,3,5-6,9H2,1-2H3,(H,17,20)/t10-,11-,12-/m0/s1. The molecule has 1 fully saturated rings. The van der Waals surface area contributed by atoms with E-state index in [-0.39, 0.29) is 11.9 Å². The minimum atomic E-state index is 0.0387. The largest absolute Gasteiger partial charge is 0.410 e. The third-order valence-electron chi connectivity index (χ3n) is 4.52. The molecule has 2 aromatic heterocycles. The summed E-state index contributed by atoms with van der Waals surface area (Å²) in [6.07, 6.45) is 3.53. The summed E-state index contributed by atoms with van der Waals surface area (Å²) in [5.74, 6) is 2.07. The van der Waals surface area contributed by atoms with Gasteiger partial charge in [0.15, 0.2) is 0 Å². The average Bonchev–Trinajstić information content (AvgIpc) is 3.20. The van der Waals surface area contributed by atoms with Crippen molar-refractivity contribution < 1.29 is 9.21 Å². The minimum absolute atomic E-state index is 0.0387. The van der Waals surface area contributed by atoms with E-state index < -0.39 is 0 Å². The number of nitrogens with one attached hydrogen (secondary N) is 1. The predicted molar refractivity (Wildman–Crippen MR) is 92.4 cm³/mol. The van der Waals surface area contributed by atoms with Gasteiger partial charge in [-0.25, -0.2) is 0 Å². The molecule has 3 atom stereocenters. The van der Waals surface area contributed by atoms with Crippen molar-refractivity contribution >= 4 is 29.0 Å². The Kier molecular flexibility index (Phi) is 5.38. The van der Waals surface area contributed by atoms with E-state index in [1.165, 1.54) is 24.6 Å². The van der Waals surface area contributed by atoms with Gasteiger partial charge in [-0.1, -0.05) is 44.5 Å². The monoisotopic (exact) mass is 351 g/mol. The van der Waals surface area contributed by atoms with Crippen LogP contribution in [0.25, 0.3) is 10.8 Å². The molecular weight excluding hydrogens is 330 g/mol. The van der Waals surface area contributed by atoms with Crippen molar-refractivity contribution in [3.8, 4) is 10.8 Å². The Morgan fingerprint density at radius 1 is 1.43 bits per heavy atom. The summed E-state index contributed by atoms with van der Waals surface area (Å²) < 4.78 is 5.58. The Morgan fingerprint density at radius 2 is 2.30 bits per heavy atom. The minimum Gasteiger partial charge on any atom is -0.410 e. The van der Waals surface area contributed by atoms with E-state index in [9.17, 15) is 4.79 Å². The van der Waals surface area contributed by atoms with Gasteiger partial charge in [-0.2, -0.15) is 0 Å². The van der Waals surface area contributed by atoms with Gasteiger partial charge in [0, 0.05) is 6.04 Å². The van der Waals surface area contributed by atoms with Gasteiger partial charge in [0.25, 0.3) is 11.1 Å². The molecule has 1 N–H and O–H groups in total. The second kappa shape index (κ2) is 7.49. The zero-order valence-corrected chi connectivity index (χ0v) is 15.0. The molecule has 0 unspecified atom stereocenters. The van der Waals surface area contributed by atoms with E-state index in [1.807, 2.05) is 17.5 Å². The summed E-state index contributed by atoms with van der Waals surface area (Å²) in [5.41, 5.74) is 0. The van der Waals surface area contributed by atoms with Crippen LogP contribution in [-0.2, 0) is 4.79 Å². The van der Waals surface area contributed by atoms with Gasteiger partial charge in [0.05, 0.1) is 10.6 Å². The number of amides is 1. The van der Waals surface area contributed by atoms with Gasteiger partial charge in [-0.3, -0.25) is 4.79 Å². The molecule has 3 rings (SSSR count). The van der Waals surface area contributed by atoms with Crippen molar-refractivity contribution in [2.75, 3.05) is 5.75 Å². The third kappa shape index (κ3) is 4.14. The number of hydrogen-bond donors (Lipinski definition) is 1. The summed E-state index contributed by atoms with van der Waals surface area (Å²) in [4.78, 5) is 13.1. The second-order valence-electron chi connectivity index (χ2n) is 6.08. The van der Waals surface area contributed by atoms with Crippen LogP contribution in [0.3, 0.4) is 0 Å². The summed E-state index contributed by atoms with van der Waals surface area (Å²) >= 11 is 2.84. The van der Waals surface area contributed by atoms with E-state index in [0.29, 0.717) is 28.7 Å². The van der Waals surface area contributed by atoms with Crippen molar-refractivity contribution in [3.63, 3.8) is 0 Å². The molecule has 1 aliphatic rings. The van der Waals surface area contributed by atoms with Crippen LogP contribution in [0, 0.1) is 11.8 Å². The Bertz CT molecular complexity index is 642. The molecule has 0 saturated heterocycles. The Labute approximate surface area is 144 Å². The summed E-state index contributed by atoms with van der Waals surface area (Å²) in [6.45, 7) is 4.50. The van der Waals surface area contributed by atoms with Crippen LogP contribution in [0.2, 0.25) is 0 Å². The van der Waals surface area contributed by atoms with E-state index in [4.69, 9.17) is 4.42 Å². The van der Waals surface area contributed by atoms with Crippen LogP contribution >= 0.6 is 23.1 Å². The third-order valence-corrected chi connectivity index (χ3v) is 6.19. The highest BCUT2D eigenvalue weighted by Crippen LogP contribution is 2.30. The normalized spacial score (nSPS) is 24.5. The lowest BCUT2D eigenvalue weighted by Gasteiger charge is -2.34. The Hall–Kier alpha value is -1.34. The second-order valence-corrected chi connectivity index (χ2v) is 7.95. The van der Waals surface area contributed by atoms with Crippen LogP contribution in [0.4, 0.5) is 0 Å². The van der Waals surface area contributed by atoms with Crippen molar-refractivity contribution in [1.82, 2.24) is 15.5 Å². The first kappa shape index (κ1) is 16.5. The molecule has 0 aromatic carbocycles. The maximum absolute atomic E-state index is 12.2. The number of rotatable bonds is 5. The Balaban J connectivity index is 1.49. The molecule has 7 heteroatoms. The number of hydrogen-bond acceptors (Lipinski definition) is 6. The molecule has 2 aromatic rings. The lowest BCUT2D eigenvalue weighted by atomic mass is 9.78. The number of carbonyl (C=O) groups excluding carboxylic acids is 1. The zero-order valence-electron chi connectivity index (χ0n) is 13.3. The van der Waals surface area contributed by atoms with Crippen molar-refractivity contribution in [2.45, 2.75) is 44.4 Å². The molecule has 1 saturated carbocycles. The maximum Gasteiger partial charge on any atom is 0.277 e. The number of thioether (sulfide) groups is 1. The molecule has 1 aliphatic carbocycles. The van der Waals surface area contributed by atoms with Crippen molar-refractivity contribution in [3.05, 3.63) is 17.5 Å². The molecule has 23 heavy (non-hydrogen) atoms. The van der Waals surface area contributed by atoms with Gasteiger partial charge < -0.3 is 9.73 Å². The smallest absolute Gasteiger partial charge is 0.277 e. The SMILES string of the molecule is C[C@@H]1[C@@H](NC(=O)CSc2nnc(-c3cccs3)o2)CCC[C@@H]1C. The fourth-order valence-electron chi connectivity index (χ4n) is 2.93. The van der Waals surface area contributed by atoms with Gasteiger partial charge >= 0.3 is 0 Å².